The molecule has 0 aromatic heterocycles. The largest absolute Gasteiger partial charge is 0.490 e. The first-order chi connectivity index (χ1) is 9.70. The summed E-state index contributed by atoms with van der Waals surface area (Å²) in [5.74, 6) is 1.37. The van der Waals surface area contributed by atoms with Gasteiger partial charge in [-0.25, -0.2) is 0 Å². The zero-order chi connectivity index (χ0) is 14.4. The van der Waals surface area contributed by atoms with Crippen molar-refractivity contribution in [3.8, 4) is 11.5 Å². The standard InChI is InChI=1S/C15H17BO4/c1-2-19-14-8-3-4-9-15(14)20-11-12-6-5-7-13(10-12)16(17)18/h3-10,17-18H,2,11H2,1H3. The highest BCUT2D eigenvalue weighted by atomic mass is 16.5. The van der Waals surface area contributed by atoms with E-state index in [0.29, 0.717) is 30.2 Å². The van der Waals surface area contributed by atoms with Crippen molar-refractivity contribution in [2.24, 2.45) is 0 Å². The normalized spacial score (nSPS) is 10.2. The minimum atomic E-state index is -1.47. The van der Waals surface area contributed by atoms with E-state index in [4.69, 9.17) is 19.5 Å². The molecule has 2 N–H and O–H groups in total. The van der Waals surface area contributed by atoms with Gasteiger partial charge in [0, 0.05) is 0 Å². The predicted molar refractivity (Wildman–Crippen MR) is 78.2 cm³/mol. The molecular weight excluding hydrogens is 255 g/mol. The van der Waals surface area contributed by atoms with Gasteiger partial charge < -0.3 is 19.5 Å². The van der Waals surface area contributed by atoms with E-state index in [-0.39, 0.29) is 0 Å². The Bertz CT molecular complexity index is 557. The zero-order valence-corrected chi connectivity index (χ0v) is 11.3. The van der Waals surface area contributed by atoms with Gasteiger partial charge in [-0.2, -0.15) is 0 Å². The van der Waals surface area contributed by atoms with Crippen LogP contribution in [0.3, 0.4) is 0 Å². The molecule has 0 saturated heterocycles. The van der Waals surface area contributed by atoms with Crippen molar-refractivity contribution in [3.63, 3.8) is 0 Å². The summed E-state index contributed by atoms with van der Waals surface area (Å²) < 4.78 is 11.2. The molecule has 0 unspecified atom stereocenters. The second-order valence-corrected chi connectivity index (χ2v) is 4.29. The quantitative estimate of drug-likeness (QED) is 0.779. The molecule has 4 nitrogen and oxygen atoms in total. The minimum Gasteiger partial charge on any atom is -0.490 e. The fourth-order valence-electron chi connectivity index (χ4n) is 1.85. The maximum Gasteiger partial charge on any atom is 0.488 e. The van der Waals surface area contributed by atoms with Crippen LogP contribution in [0.25, 0.3) is 0 Å². The van der Waals surface area contributed by atoms with Gasteiger partial charge in [0.25, 0.3) is 0 Å². The number of hydrogen-bond acceptors (Lipinski definition) is 4. The van der Waals surface area contributed by atoms with Crippen LogP contribution in [0.2, 0.25) is 0 Å². The van der Waals surface area contributed by atoms with Crippen LogP contribution in [0.4, 0.5) is 0 Å². The molecule has 0 saturated carbocycles. The van der Waals surface area contributed by atoms with Crippen molar-refractivity contribution in [1.29, 1.82) is 0 Å². The van der Waals surface area contributed by atoms with Crippen LogP contribution in [0, 0.1) is 0 Å². The fourth-order valence-corrected chi connectivity index (χ4v) is 1.85. The Morgan fingerprint density at radius 3 is 2.30 bits per heavy atom. The molecule has 0 aliphatic rings. The third-order valence-corrected chi connectivity index (χ3v) is 2.79. The lowest BCUT2D eigenvalue weighted by Crippen LogP contribution is -2.29. The number of hydrogen-bond donors (Lipinski definition) is 2. The smallest absolute Gasteiger partial charge is 0.488 e. The van der Waals surface area contributed by atoms with Gasteiger partial charge in [0.05, 0.1) is 6.61 Å². The molecule has 0 amide bonds. The SMILES string of the molecule is CCOc1ccccc1OCc1cccc(B(O)O)c1. The summed E-state index contributed by atoms with van der Waals surface area (Å²) in [5.41, 5.74) is 1.31. The highest BCUT2D eigenvalue weighted by Crippen LogP contribution is 2.27. The molecule has 104 valence electrons. The minimum absolute atomic E-state index is 0.338. The van der Waals surface area contributed by atoms with Gasteiger partial charge in [0.15, 0.2) is 11.5 Å². The maximum atomic E-state index is 9.14. The Morgan fingerprint density at radius 1 is 0.950 bits per heavy atom. The van der Waals surface area contributed by atoms with Crippen LogP contribution < -0.4 is 14.9 Å². The molecule has 0 heterocycles. The van der Waals surface area contributed by atoms with Crippen LogP contribution in [0.15, 0.2) is 48.5 Å². The number of benzene rings is 2. The van der Waals surface area contributed by atoms with Crippen molar-refractivity contribution in [2.75, 3.05) is 6.61 Å². The van der Waals surface area contributed by atoms with Crippen molar-refractivity contribution in [3.05, 3.63) is 54.1 Å². The highest BCUT2D eigenvalue weighted by Gasteiger charge is 2.11. The second kappa shape index (κ2) is 6.98. The Kier molecular flexibility index (Phi) is 5.04. The van der Waals surface area contributed by atoms with Gasteiger partial charge in [-0.05, 0) is 30.1 Å². The third-order valence-electron chi connectivity index (χ3n) is 2.79. The van der Waals surface area contributed by atoms with Gasteiger partial charge >= 0.3 is 7.12 Å². The van der Waals surface area contributed by atoms with Crippen LogP contribution >= 0.6 is 0 Å². The Labute approximate surface area is 118 Å². The zero-order valence-electron chi connectivity index (χ0n) is 11.3. The van der Waals surface area contributed by atoms with E-state index < -0.39 is 7.12 Å². The average molecular weight is 272 g/mol. The molecule has 0 atom stereocenters. The summed E-state index contributed by atoms with van der Waals surface area (Å²) in [6.07, 6.45) is 0. The number of rotatable bonds is 6. The topological polar surface area (TPSA) is 58.9 Å². The van der Waals surface area contributed by atoms with E-state index in [9.17, 15) is 0 Å². The average Bonchev–Trinajstić information content (AvgIpc) is 2.47. The van der Waals surface area contributed by atoms with Gasteiger partial charge in [-0.15, -0.1) is 0 Å². The first-order valence-corrected chi connectivity index (χ1v) is 6.50. The first-order valence-electron chi connectivity index (χ1n) is 6.50. The molecule has 2 rings (SSSR count). The molecule has 0 bridgehead atoms. The summed E-state index contributed by atoms with van der Waals surface area (Å²) in [5, 5.41) is 18.3. The van der Waals surface area contributed by atoms with Gasteiger partial charge in [-0.1, -0.05) is 36.4 Å². The Morgan fingerprint density at radius 2 is 1.65 bits per heavy atom. The molecule has 0 aliphatic heterocycles. The van der Waals surface area contributed by atoms with E-state index >= 15 is 0 Å². The monoisotopic (exact) mass is 272 g/mol. The molecular formula is C15H17BO4. The fraction of sp³-hybridized carbons (Fsp3) is 0.200. The van der Waals surface area contributed by atoms with Gasteiger partial charge in [0.2, 0.25) is 0 Å². The highest BCUT2D eigenvalue weighted by molar-refractivity contribution is 6.58. The Hall–Kier alpha value is -1.98. The molecule has 0 spiro atoms. The van der Waals surface area contributed by atoms with Gasteiger partial charge in [0.1, 0.15) is 6.61 Å². The molecule has 20 heavy (non-hydrogen) atoms. The lowest BCUT2D eigenvalue weighted by molar-refractivity contribution is 0.269. The molecule has 5 heteroatoms. The maximum absolute atomic E-state index is 9.14. The molecule has 0 radical (unpaired) electrons. The summed E-state index contributed by atoms with van der Waals surface area (Å²) in [6.45, 7) is 2.83. The van der Waals surface area contributed by atoms with Gasteiger partial charge in [-0.3, -0.25) is 0 Å². The predicted octanol–water partition coefficient (Wildman–Crippen LogP) is 1.34. The third kappa shape index (κ3) is 3.76. The van der Waals surface area contributed by atoms with Crippen LogP contribution in [0.1, 0.15) is 12.5 Å². The van der Waals surface area contributed by atoms with E-state index in [1.165, 1.54) is 0 Å². The lowest BCUT2D eigenvalue weighted by Gasteiger charge is -2.12. The lowest BCUT2D eigenvalue weighted by atomic mass is 9.80. The summed E-state index contributed by atoms with van der Waals surface area (Å²) in [4.78, 5) is 0. The van der Waals surface area contributed by atoms with Crippen molar-refractivity contribution in [2.45, 2.75) is 13.5 Å². The summed E-state index contributed by atoms with van der Waals surface area (Å²) in [7, 11) is -1.47. The number of ether oxygens (including phenoxy) is 2. The number of para-hydroxylation sites is 2. The van der Waals surface area contributed by atoms with Crippen LogP contribution in [0.5, 0.6) is 11.5 Å². The molecule has 2 aromatic carbocycles. The van der Waals surface area contributed by atoms with E-state index in [2.05, 4.69) is 0 Å². The van der Waals surface area contributed by atoms with Crippen molar-refractivity contribution < 1.29 is 19.5 Å². The summed E-state index contributed by atoms with van der Waals surface area (Å²) in [6, 6.07) is 14.5. The molecule has 0 fully saturated rings. The Balaban J connectivity index is 2.07. The van der Waals surface area contributed by atoms with Crippen LogP contribution in [-0.2, 0) is 6.61 Å². The van der Waals surface area contributed by atoms with E-state index in [1.54, 1.807) is 18.2 Å². The second-order valence-electron chi connectivity index (χ2n) is 4.29. The van der Waals surface area contributed by atoms with Crippen molar-refractivity contribution in [1.82, 2.24) is 0 Å². The molecule has 0 aliphatic carbocycles. The first kappa shape index (κ1) is 14.4. The van der Waals surface area contributed by atoms with E-state index in [1.807, 2.05) is 37.3 Å². The summed E-state index contributed by atoms with van der Waals surface area (Å²) >= 11 is 0. The van der Waals surface area contributed by atoms with Crippen LogP contribution in [-0.4, -0.2) is 23.8 Å². The van der Waals surface area contributed by atoms with Crippen molar-refractivity contribution >= 4 is 12.6 Å². The van der Waals surface area contributed by atoms with E-state index in [0.717, 1.165) is 5.56 Å². The molecule has 2 aromatic rings.